The second kappa shape index (κ2) is 8.21. The number of thioether (sulfide) groups is 1. The van der Waals surface area contributed by atoms with Gasteiger partial charge in [-0.15, -0.1) is 10.2 Å². The molecule has 146 valence electrons. The summed E-state index contributed by atoms with van der Waals surface area (Å²) in [6, 6.07) is 15.6. The van der Waals surface area contributed by atoms with Crippen LogP contribution < -0.4 is 14.2 Å². The van der Waals surface area contributed by atoms with E-state index in [4.69, 9.17) is 13.9 Å². The van der Waals surface area contributed by atoms with Crippen LogP contribution in [0.25, 0.3) is 0 Å². The minimum atomic E-state index is -3.52. The highest BCUT2D eigenvalue weighted by molar-refractivity contribution is 7.99. The Morgan fingerprint density at radius 1 is 1.04 bits per heavy atom. The van der Waals surface area contributed by atoms with Crippen LogP contribution in [0, 0.1) is 0 Å². The van der Waals surface area contributed by atoms with Crippen LogP contribution in [0.2, 0.25) is 0 Å². The van der Waals surface area contributed by atoms with Gasteiger partial charge >= 0.3 is 0 Å². The van der Waals surface area contributed by atoms with Gasteiger partial charge in [0, 0.05) is 12.3 Å². The number of benzene rings is 2. The van der Waals surface area contributed by atoms with E-state index in [1.165, 1.54) is 11.8 Å². The van der Waals surface area contributed by atoms with Crippen LogP contribution >= 0.6 is 11.8 Å². The van der Waals surface area contributed by atoms with Crippen molar-refractivity contribution in [1.82, 2.24) is 14.9 Å². The highest BCUT2D eigenvalue weighted by Crippen LogP contribution is 2.35. The molecule has 1 aromatic heterocycles. The number of sulfonamides is 1. The molecule has 1 aliphatic rings. The van der Waals surface area contributed by atoms with E-state index < -0.39 is 16.1 Å². The third-order valence-corrected chi connectivity index (χ3v) is 6.18. The van der Waals surface area contributed by atoms with E-state index in [-0.39, 0.29) is 18.0 Å². The molecule has 0 aliphatic carbocycles. The standard InChI is InChI=1S/C18H17N3O5S2/c22-28(23,13-6-2-1-3-7-13)19-10-11-27-18-21-20-17(26-18)16-12-24-14-8-4-5-9-15(14)25-16/h1-9,16,19H,10-12H2/t16-/m0/s1. The molecule has 0 amide bonds. The predicted octanol–water partition coefficient (Wildman–Crippen LogP) is 2.65. The van der Waals surface area contributed by atoms with Crippen LogP contribution in [-0.4, -0.2) is 37.5 Å². The number of aromatic nitrogens is 2. The maximum Gasteiger partial charge on any atom is 0.276 e. The molecule has 0 unspecified atom stereocenters. The van der Waals surface area contributed by atoms with Gasteiger partial charge in [-0.05, 0) is 24.3 Å². The SMILES string of the molecule is O=S(=O)(NCCSc1nnc([C@@H]2COc3ccccc3O2)o1)c1ccccc1. The number of hydrogen-bond donors (Lipinski definition) is 1. The molecule has 1 aliphatic heterocycles. The Balaban J connectivity index is 1.29. The molecule has 0 fully saturated rings. The Morgan fingerprint density at radius 2 is 1.79 bits per heavy atom. The lowest BCUT2D eigenvalue weighted by Crippen LogP contribution is -2.25. The van der Waals surface area contributed by atoms with Crippen LogP contribution in [0.15, 0.2) is 69.1 Å². The minimum absolute atomic E-state index is 0.231. The molecule has 28 heavy (non-hydrogen) atoms. The van der Waals surface area contributed by atoms with Crippen molar-refractivity contribution in [3.63, 3.8) is 0 Å². The predicted molar refractivity (Wildman–Crippen MR) is 102 cm³/mol. The van der Waals surface area contributed by atoms with E-state index in [0.717, 1.165) is 0 Å². The maximum atomic E-state index is 12.2. The maximum absolute atomic E-state index is 12.2. The molecule has 2 aromatic carbocycles. The first-order valence-corrected chi connectivity index (χ1v) is 11.0. The summed E-state index contributed by atoms with van der Waals surface area (Å²) in [6.45, 7) is 0.510. The topological polar surface area (TPSA) is 104 Å². The first-order chi connectivity index (χ1) is 13.6. The molecular weight excluding hydrogens is 402 g/mol. The van der Waals surface area contributed by atoms with Gasteiger partial charge in [-0.3, -0.25) is 0 Å². The Kier molecular flexibility index (Phi) is 5.51. The van der Waals surface area contributed by atoms with E-state index in [1.807, 2.05) is 24.3 Å². The van der Waals surface area contributed by atoms with Crippen molar-refractivity contribution in [2.75, 3.05) is 18.9 Å². The lowest BCUT2D eigenvalue weighted by molar-refractivity contribution is 0.0686. The van der Waals surface area contributed by atoms with Gasteiger partial charge in [-0.1, -0.05) is 42.1 Å². The Morgan fingerprint density at radius 3 is 2.61 bits per heavy atom. The highest BCUT2D eigenvalue weighted by atomic mass is 32.2. The molecule has 0 radical (unpaired) electrons. The number of nitrogens with zero attached hydrogens (tertiary/aromatic N) is 2. The van der Waals surface area contributed by atoms with E-state index in [9.17, 15) is 8.42 Å². The molecule has 4 rings (SSSR count). The molecule has 3 aromatic rings. The van der Waals surface area contributed by atoms with Crippen LogP contribution in [0.3, 0.4) is 0 Å². The fraction of sp³-hybridized carbons (Fsp3) is 0.222. The number of nitrogens with one attached hydrogen (secondary N) is 1. The molecule has 0 bridgehead atoms. The van der Waals surface area contributed by atoms with Gasteiger partial charge < -0.3 is 13.9 Å². The summed E-state index contributed by atoms with van der Waals surface area (Å²) >= 11 is 1.26. The molecule has 0 spiro atoms. The van der Waals surface area contributed by atoms with Crippen LogP contribution in [0.5, 0.6) is 11.5 Å². The van der Waals surface area contributed by atoms with Gasteiger partial charge in [-0.2, -0.15) is 0 Å². The first-order valence-electron chi connectivity index (χ1n) is 8.51. The van der Waals surface area contributed by atoms with Crippen molar-refractivity contribution in [2.24, 2.45) is 0 Å². The van der Waals surface area contributed by atoms with Gasteiger partial charge in [0.1, 0.15) is 6.61 Å². The first kappa shape index (κ1) is 18.8. The number of ether oxygens (including phenoxy) is 2. The van der Waals surface area contributed by atoms with Crippen molar-refractivity contribution in [1.29, 1.82) is 0 Å². The summed E-state index contributed by atoms with van der Waals surface area (Å²) in [5.41, 5.74) is 0. The van der Waals surface area contributed by atoms with Crippen LogP contribution in [0.4, 0.5) is 0 Å². The van der Waals surface area contributed by atoms with Crippen LogP contribution in [-0.2, 0) is 10.0 Å². The lowest BCUT2D eigenvalue weighted by Gasteiger charge is -2.23. The number of rotatable bonds is 7. The lowest BCUT2D eigenvalue weighted by atomic mass is 10.2. The summed E-state index contributed by atoms with van der Waals surface area (Å²) in [7, 11) is -3.52. The molecular formula is C18H17N3O5S2. The zero-order valence-electron chi connectivity index (χ0n) is 14.6. The molecule has 0 saturated carbocycles. The van der Waals surface area contributed by atoms with Gasteiger partial charge in [0.15, 0.2) is 11.5 Å². The van der Waals surface area contributed by atoms with Gasteiger partial charge in [0.2, 0.25) is 16.1 Å². The van der Waals surface area contributed by atoms with Crippen molar-refractivity contribution >= 4 is 21.8 Å². The average Bonchev–Trinajstić information content (AvgIpc) is 3.20. The van der Waals surface area contributed by atoms with Crippen LogP contribution in [0.1, 0.15) is 12.0 Å². The normalized spacial score (nSPS) is 16.1. The van der Waals surface area contributed by atoms with Gasteiger partial charge in [0.25, 0.3) is 11.1 Å². The zero-order chi connectivity index (χ0) is 19.4. The highest BCUT2D eigenvalue weighted by Gasteiger charge is 2.27. The fourth-order valence-electron chi connectivity index (χ4n) is 2.55. The summed E-state index contributed by atoms with van der Waals surface area (Å²) in [5, 5.41) is 8.32. The number of fused-ring (bicyclic) bond motifs is 1. The second-order valence-corrected chi connectivity index (χ2v) is 8.64. The van der Waals surface area contributed by atoms with Gasteiger partial charge in [-0.25, -0.2) is 13.1 Å². The Hall–Kier alpha value is -2.56. The molecule has 1 atom stereocenters. The Labute approximate surface area is 166 Å². The van der Waals surface area contributed by atoms with Gasteiger partial charge in [0.05, 0.1) is 4.90 Å². The smallest absolute Gasteiger partial charge is 0.276 e. The largest absolute Gasteiger partial charge is 0.485 e. The van der Waals surface area contributed by atoms with Crippen molar-refractivity contribution < 1.29 is 22.3 Å². The number of hydrogen-bond acceptors (Lipinski definition) is 8. The molecule has 8 nitrogen and oxygen atoms in total. The summed E-state index contributed by atoms with van der Waals surface area (Å²) < 4.78 is 43.9. The monoisotopic (exact) mass is 419 g/mol. The van der Waals surface area contributed by atoms with Crippen molar-refractivity contribution in [3.8, 4) is 11.5 Å². The second-order valence-electron chi connectivity index (χ2n) is 5.83. The minimum Gasteiger partial charge on any atom is -0.485 e. The molecule has 0 saturated heterocycles. The number of para-hydroxylation sites is 2. The van der Waals surface area contributed by atoms with E-state index in [2.05, 4.69) is 14.9 Å². The van der Waals surface area contributed by atoms with E-state index >= 15 is 0 Å². The van der Waals surface area contributed by atoms with Crippen molar-refractivity contribution in [2.45, 2.75) is 16.2 Å². The Bertz CT molecular complexity index is 1040. The van der Waals surface area contributed by atoms with E-state index in [1.54, 1.807) is 30.3 Å². The molecule has 1 N–H and O–H groups in total. The fourth-order valence-corrected chi connectivity index (χ4v) is 4.35. The quantitative estimate of drug-likeness (QED) is 0.460. The summed E-state index contributed by atoms with van der Waals surface area (Å²) in [5.74, 6) is 2.07. The zero-order valence-corrected chi connectivity index (χ0v) is 16.3. The van der Waals surface area contributed by atoms with E-state index in [0.29, 0.717) is 28.4 Å². The third-order valence-electron chi connectivity index (χ3n) is 3.88. The van der Waals surface area contributed by atoms with Crippen molar-refractivity contribution in [3.05, 3.63) is 60.5 Å². The molecule has 10 heteroatoms. The average molecular weight is 419 g/mol. The molecule has 2 heterocycles. The summed E-state index contributed by atoms with van der Waals surface area (Å²) in [6.07, 6.45) is -0.478. The summed E-state index contributed by atoms with van der Waals surface area (Å²) in [4.78, 5) is 0.231. The third kappa shape index (κ3) is 4.29.